The SMILES string of the molecule is COc1ccc(-c2csc(-n3ncc4c3C(=Cc3cccc([N+](=O)[O-])c3)CC4)n2)cc1. The maximum atomic E-state index is 11.1. The Morgan fingerprint density at radius 1 is 1.19 bits per heavy atom. The Morgan fingerprint density at radius 2 is 2.03 bits per heavy atom. The van der Waals surface area contributed by atoms with Crippen molar-refractivity contribution in [1.29, 1.82) is 0 Å². The average molecular weight is 430 g/mol. The van der Waals surface area contributed by atoms with Gasteiger partial charge in [0.1, 0.15) is 5.75 Å². The molecule has 0 amide bonds. The zero-order valence-corrected chi connectivity index (χ0v) is 17.5. The Morgan fingerprint density at radius 3 is 2.81 bits per heavy atom. The lowest BCUT2D eigenvalue weighted by Gasteiger charge is -2.05. The van der Waals surface area contributed by atoms with E-state index in [1.807, 2.05) is 52.7 Å². The van der Waals surface area contributed by atoms with Gasteiger partial charge in [-0.3, -0.25) is 10.1 Å². The van der Waals surface area contributed by atoms with Crippen LogP contribution in [-0.2, 0) is 6.42 Å². The third-order valence-corrected chi connectivity index (χ3v) is 6.11. The molecule has 0 fully saturated rings. The number of nitrogens with zero attached hydrogens (tertiary/aromatic N) is 4. The second kappa shape index (κ2) is 7.81. The van der Waals surface area contributed by atoms with Crippen molar-refractivity contribution in [2.75, 3.05) is 7.11 Å². The summed E-state index contributed by atoms with van der Waals surface area (Å²) >= 11 is 1.53. The molecule has 8 heteroatoms. The molecule has 0 aliphatic heterocycles. The molecule has 2 heterocycles. The molecule has 5 rings (SSSR count). The fraction of sp³-hybridized carbons (Fsp3) is 0.130. The van der Waals surface area contributed by atoms with Gasteiger partial charge in [0.25, 0.3) is 5.69 Å². The molecule has 4 aromatic rings. The van der Waals surface area contributed by atoms with Crippen LogP contribution in [0.15, 0.2) is 60.1 Å². The van der Waals surface area contributed by atoms with Crippen molar-refractivity contribution in [2.24, 2.45) is 0 Å². The van der Waals surface area contributed by atoms with Crippen LogP contribution in [-0.4, -0.2) is 26.8 Å². The topological polar surface area (TPSA) is 83.1 Å². The van der Waals surface area contributed by atoms with Gasteiger partial charge in [0.05, 0.1) is 29.6 Å². The summed E-state index contributed by atoms with van der Waals surface area (Å²) in [6.07, 6.45) is 5.66. The van der Waals surface area contributed by atoms with Crippen molar-refractivity contribution in [3.05, 3.63) is 87.0 Å². The molecule has 7 nitrogen and oxygen atoms in total. The van der Waals surface area contributed by atoms with Crippen LogP contribution in [0, 0.1) is 10.1 Å². The molecule has 154 valence electrons. The van der Waals surface area contributed by atoms with Gasteiger partial charge in [-0.25, -0.2) is 9.67 Å². The number of aromatic nitrogens is 3. The molecular formula is C23H18N4O3S. The molecule has 1 aliphatic rings. The van der Waals surface area contributed by atoms with Crippen molar-refractivity contribution >= 4 is 28.7 Å². The number of methoxy groups -OCH3 is 1. The fourth-order valence-corrected chi connectivity index (χ4v) is 4.56. The first-order chi connectivity index (χ1) is 15.1. The van der Waals surface area contributed by atoms with Gasteiger partial charge in [0, 0.05) is 23.1 Å². The van der Waals surface area contributed by atoms with E-state index >= 15 is 0 Å². The Bertz CT molecular complexity index is 1300. The van der Waals surface area contributed by atoms with E-state index in [0.29, 0.717) is 0 Å². The van der Waals surface area contributed by atoms with E-state index in [4.69, 9.17) is 9.72 Å². The molecule has 0 bridgehead atoms. The van der Waals surface area contributed by atoms with Crippen molar-refractivity contribution in [3.63, 3.8) is 0 Å². The van der Waals surface area contributed by atoms with Crippen molar-refractivity contribution in [3.8, 4) is 22.1 Å². The molecule has 0 saturated heterocycles. The van der Waals surface area contributed by atoms with Gasteiger partial charge < -0.3 is 4.74 Å². The van der Waals surface area contributed by atoms with Crippen LogP contribution in [0.25, 0.3) is 28.0 Å². The summed E-state index contributed by atoms with van der Waals surface area (Å²) in [5, 5.41) is 18.5. The largest absolute Gasteiger partial charge is 0.497 e. The van der Waals surface area contributed by atoms with Gasteiger partial charge in [-0.1, -0.05) is 12.1 Å². The smallest absolute Gasteiger partial charge is 0.270 e. The second-order valence-electron chi connectivity index (χ2n) is 7.20. The molecule has 0 spiro atoms. The van der Waals surface area contributed by atoms with Crippen LogP contribution in [0.3, 0.4) is 0 Å². The first-order valence-electron chi connectivity index (χ1n) is 9.75. The van der Waals surface area contributed by atoms with Crippen LogP contribution in [0.1, 0.15) is 23.2 Å². The van der Waals surface area contributed by atoms with Gasteiger partial charge in [-0.2, -0.15) is 5.10 Å². The molecule has 2 aromatic carbocycles. The number of nitro groups is 1. The van der Waals surface area contributed by atoms with E-state index < -0.39 is 0 Å². The van der Waals surface area contributed by atoms with Crippen LogP contribution >= 0.6 is 11.3 Å². The number of ether oxygens (including phenoxy) is 1. The monoisotopic (exact) mass is 430 g/mol. The number of hydrogen-bond donors (Lipinski definition) is 0. The molecule has 0 unspecified atom stereocenters. The number of allylic oxidation sites excluding steroid dienone is 1. The zero-order chi connectivity index (χ0) is 21.4. The molecule has 2 aromatic heterocycles. The molecule has 0 N–H and O–H groups in total. The quantitative estimate of drug-likeness (QED) is 0.313. The van der Waals surface area contributed by atoms with Gasteiger partial charge >= 0.3 is 0 Å². The number of hydrogen-bond acceptors (Lipinski definition) is 6. The highest BCUT2D eigenvalue weighted by atomic mass is 32.1. The normalized spacial score (nSPS) is 14.0. The number of nitro benzene ring substituents is 1. The first kappa shape index (κ1) is 19.2. The fourth-order valence-electron chi connectivity index (χ4n) is 3.77. The third-order valence-electron chi connectivity index (χ3n) is 5.29. The minimum absolute atomic E-state index is 0.0881. The van der Waals surface area contributed by atoms with E-state index in [9.17, 15) is 10.1 Å². The summed E-state index contributed by atoms with van der Waals surface area (Å²) in [7, 11) is 1.65. The lowest BCUT2D eigenvalue weighted by Crippen LogP contribution is -2.00. The summed E-state index contributed by atoms with van der Waals surface area (Å²) in [5.41, 5.74) is 6.09. The Labute approximate surface area is 182 Å². The Hall–Kier alpha value is -3.78. The highest BCUT2D eigenvalue weighted by molar-refractivity contribution is 7.12. The molecule has 1 aliphatic carbocycles. The van der Waals surface area contributed by atoms with E-state index in [2.05, 4.69) is 5.10 Å². The molecule has 31 heavy (non-hydrogen) atoms. The summed E-state index contributed by atoms with van der Waals surface area (Å²) < 4.78 is 7.10. The maximum absolute atomic E-state index is 11.1. The van der Waals surface area contributed by atoms with Gasteiger partial charge in [-0.05, 0) is 59.9 Å². The molecule has 0 atom stereocenters. The summed E-state index contributed by atoms with van der Waals surface area (Å²) in [6, 6.07) is 14.5. The molecular weight excluding hydrogens is 412 g/mol. The summed E-state index contributed by atoms with van der Waals surface area (Å²) in [5.74, 6) is 0.806. The number of non-ortho nitro benzene ring substituents is 1. The first-order valence-corrected chi connectivity index (χ1v) is 10.6. The number of thiazole rings is 1. The van der Waals surface area contributed by atoms with Crippen molar-refractivity contribution in [1.82, 2.24) is 14.8 Å². The Balaban J connectivity index is 1.49. The van der Waals surface area contributed by atoms with Crippen LogP contribution in [0.5, 0.6) is 5.75 Å². The van der Waals surface area contributed by atoms with Crippen molar-refractivity contribution in [2.45, 2.75) is 12.8 Å². The van der Waals surface area contributed by atoms with E-state index in [1.54, 1.807) is 19.2 Å². The standard InChI is InChI=1S/C23H18N4O3S/c1-30-20-9-7-16(8-10-20)21-14-31-23(25-21)26-22-17(5-6-18(22)13-24-26)11-15-3-2-4-19(12-15)27(28)29/h2-4,7-14H,5-6H2,1H3. The van der Waals surface area contributed by atoms with E-state index in [0.717, 1.165) is 57.4 Å². The molecule has 0 saturated carbocycles. The van der Waals surface area contributed by atoms with E-state index in [-0.39, 0.29) is 10.6 Å². The highest BCUT2D eigenvalue weighted by Gasteiger charge is 2.24. The van der Waals surface area contributed by atoms with Crippen molar-refractivity contribution < 1.29 is 9.66 Å². The minimum atomic E-state index is -0.372. The lowest BCUT2D eigenvalue weighted by molar-refractivity contribution is -0.384. The highest BCUT2D eigenvalue weighted by Crippen LogP contribution is 2.36. The van der Waals surface area contributed by atoms with Crippen LogP contribution in [0.2, 0.25) is 0 Å². The van der Waals surface area contributed by atoms with Crippen LogP contribution in [0.4, 0.5) is 5.69 Å². The van der Waals surface area contributed by atoms with Gasteiger partial charge in [0.2, 0.25) is 5.13 Å². The number of benzene rings is 2. The number of aryl methyl sites for hydroxylation is 1. The van der Waals surface area contributed by atoms with Crippen LogP contribution < -0.4 is 4.74 Å². The van der Waals surface area contributed by atoms with E-state index in [1.165, 1.54) is 17.4 Å². The maximum Gasteiger partial charge on any atom is 0.270 e. The lowest BCUT2D eigenvalue weighted by atomic mass is 10.1. The second-order valence-corrected chi connectivity index (χ2v) is 8.03. The zero-order valence-electron chi connectivity index (χ0n) is 16.7. The predicted octanol–water partition coefficient (Wildman–Crippen LogP) is 5.40. The third kappa shape index (κ3) is 3.62. The summed E-state index contributed by atoms with van der Waals surface area (Å²) in [4.78, 5) is 15.5. The van der Waals surface area contributed by atoms with Gasteiger partial charge in [-0.15, -0.1) is 11.3 Å². The number of fused-ring (bicyclic) bond motifs is 1. The predicted molar refractivity (Wildman–Crippen MR) is 121 cm³/mol. The average Bonchev–Trinajstić information content (AvgIpc) is 3.52. The number of rotatable bonds is 5. The Kier molecular flexibility index (Phi) is 4.83. The van der Waals surface area contributed by atoms with Gasteiger partial charge in [0.15, 0.2) is 0 Å². The minimum Gasteiger partial charge on any atom is -0.497 e. The molecule has 0 radical (unpaired) electrons. The summed E-state index contributed by atoms with van der Waals surface area (Å²) in [6.45, 7) is 0.